The lowest BCUT2D eigenvalue weighted by atomic mass is 10.3. The summed E-state index contributed by atoms with van der Waals surface area (Å²) in [5.74, 6) is 1.43. The van der Waals surface area contributed by atoms with E-state index < -0.39 is 9.84 Å². The minimum absolute atomic E-state index is 0.221. The van der Waals surface area contributed by atoms with Crippen LogP contribution in [0.15, 0.2) is 22.8 Å². The van der Waals surface area contributed by atoms with Crippen molar-refractivity contribution in [2.45, 2.75) is 19.8 Å². The van der Waals surface area contributed by atoms with Crippen molar-refractivity contribution in [1.82, 2.24) is 5.32 Å². The molecule has 0 saturated heterocycles. The Labute approximate surface area is 97.0 Å². The fraction of sp³-hybridized carbons (Fsp3) is 0.636. The smallest absolute Gasteiger partial charge is 0.151 e. The van der Waals surface area contributed by atoms with Crippen LogP contribution >= 0.6 is 0 Å². The van der Waals surface area contributed by atoms with E-state index in [9.17, 15) is 8.42 Å². The first kappa shape index (κ1) is 13.3. The summed E-state index contributed by atoms with van der Waals surface area (Å²) in [5.41, 5.74) is 0. The Kier molecular flexibility index (Phi) is 5.55. The Balaban J connectivity index is 2.08. The molecule has 1 rings (SSSR count). The first-order valence-electron chi connectivity index (χ1n) is 5.57. The molecule has 0 unspecified atom stereocenters. The van der Waals surface area contributed by atoms with Gasteiger partial charge in [-0.1, -0.05) is 6.92 Å². The van der Waals surface area contributed by atoms with Crippen LogP contribution in [0, 0.1) is 0 Å². The summed E-state index contributed by atoms with van der Waals surface area (Å²) in [6.45, 7) is 3.14. The standard InChI is InChI=1S/C11H19NO3S/c1-2-9-16(13,14)10-7-12-6-5-11-4-3-8-15-11/h3-4,8,12H,2,5-7,9-10H2,1H3. The fourth-order valence-electron chi connectivity index (χ4n) is 1.43. The van der Waals surface area contributed by atoms with Gasteiger partial charge in [-0.3, -0.25) is 0 Å². The van der Waals surface area contributed by atoms with Gasteiger partial charge < -0.3 is 9.73 Å². The van der Waals surface area contributed by atoms with Gasteiger partial charge in [-0.05, 0) is 18.6 Å². The summed E-state index contributed by atoms with van der Waals surface area (Å²) < 4.78 is 27.9. The van der Waals surface area contributed by atoms with E-state index in [0.29, 0.717) is 13.0 Å². The minimum Gasteiger partial charge on any atom is -0.469 e. The molecule has 1 N–H and O–H groups in total. The number of rotatable bonds is 8. The van der Waals surface area contributed by atoms with E-state index in [4.69, 9.17) is 4.42 Å². The van der Waals surface area contributed by atoms with Gasteiger partial charge in [0.05, 0.1) is 12.0 Å². The summed E-state index contributed by atoms with van der Waals surface area (Å²) in [6.07, 6.45) is 3.12. The highest BCUT2D eigenvalue weighted by molar-refractivity contribution is 7.91. The molecule has 0 aliphatic carbocycles. The normalized spacial score (nSPS) is 11.8. The second-order valence-electron chi connectivity index (χ2n) is 3.73. The zero-order chi connectivity index (χ0) is 11.9. The van der Waals surface area contributed by atoms with Crippen LogP contribution in [-0.2, 0) is 16.3 Å². The summed E-state index contributed by atoms with van der Waals surface area (Å²) in [5, 5.41) is 3.10. The first-order valence-corrected chi connectivity index (χ1v) is 7.39. The average molecular weight is 245 g/mol. The van der Waals surface area contributed by atoms with Crippen LogP contribution in [0.3, 0.4) is 0 Å². The molecular weight excluding hydrogens is 226 g/mol. The summed E-state index contributed by atoms with van der Waals surface area (Å²) in [6, 6.07) is 3.76. The van der Waals surface area contributed by atoms with Gasteiger partial charge in [0.2, 0.25) is 0 Å². The Bertz CT molecular complexity index is 370. The number of hydrogen-bond donors (Lipinski definition) is 1. The third kappa shape index (κ3) is 5.32. The molecule has 16 heavy (non-hydrogen) atoms. The molecule has 0 fully saturated rings. The van der Waals surface area contributed by atoms with Crippen molar-refractivity contribution in [3.05, 3.63) is 24.2 Å². The molecule has 1 aromatic rings. The highest BCUT2D eigenvalue weighted by atomic mass is 32.2. The summed E-state index contributed by atoms with van der Waals surface area (Å²) in [4.78, 5) is 0. The van der Waals surface area contributed by atoms with Crippen molar-refractivity contribution in [2.75, 3.05) is 24.6 Å². The summed E-state index contributed by atoms with van der Waals surface area (Å²) >= 11 is 0. The molecule has 0 aliphatic heterocycles. The lowest BCUT2D eigenvalue weighted by Crippen LogP contribution is -2.26. The van der Waals surface area contributed by atoms with Crippen molar-refractivity contribution in [3.63, 3.8) is 0 Å². The van der Waals surface area contributed by atoms with Gasteiger partial charge >= 0.3 is 0 Å². The van der Waals surface area contributed by atoms with E-state index in [-0.39, 0.29) is 11.5 Å². The van der Waals surface area contributed by atoms with Crippen molar-refractivity contribution in [2.24, 2.45) is 0 Å². The molecule has 0 aliphatic rings. The number of hydrogen-bond acceptors (Lipinski definition) is 4. The molecular formula is C11H19NO3S. The van der Waals surface area contributed by atoms with E-state index in [1.807, 2.05) is 19.1 Å². The van der Waals surface area contributed by atoms with Gasteiger partial charge in [0.1, 0.15) is 5.76 Å². The van der Waals surface area contributed by atoms with Crippen molar-refractivity contribution >= 4 is 9.84 Å². The van der Waals surface area contributed by atoms with Gasteiger partial charge in [0.25, 0.3) is 0 Å². The average Bonchev–Trinajstić information content (AvgIpc) is 2.69. The van der Waals surface area contributed by atoms with E-state index in [1.54, 1.807) is 6.26 Å². The highest BCUT2D eigenvalue weighted by Crippen LogP contribution is 1.99. The molecule has 1 aromatic heterocycles. The molecule has 4 nitrogen and oxygen atoms in total. The SMILES string of the molecule is CCCS(=O)(=O)CCNCCc1ccco1. The molecule has 0 atom stereocenters. The molecule has 0 saturated carbocycles. The Morgan fingerprint density at radius 2 is 2.12 bits per heavy atom. The minimum atomic E-state index is -2.85. The second-order valence-corrected chi connectivity index (χ2v) is 6.03. The van der Waals surface area contributed by atoms with Crippen LogP contribution in [0.1, 0.15) is 19.1 Å². The molecule has 0 aromatic carbocycles. The van der Waals surface area contributed by atoms with Crippen LogP contribution in [0.25, 0.3) is 0 Å². The Morgan fingerprint density at radius 1 is 1.31 bits per heavy atom. The predicted octanol–water partition coefficient (Wildman–Crippen LogP) is 1.24. The van der Waals surface area contributed by atoms with E-state index >= 15 is 0 Å². The zero-order valence-electron chi connectivity index (χ0n) is 9.61. The van der Waals surface area contributed by atoms with E-state index in [2.05, 4.69) is 5.32 Å². The molecule has 1 heterocycles. The number of sulfone groups is 1. The quantitative estimate of drug-likeness (QED) is 0.700. The van der Waals surface area contributed by atoms with Crippen LogP contribution in [0.2, 0.25) is 0 Å². The molecule has 0 amide bonds. The van der Waals surface area contributed by atoms with Gasteiger partial charge in [-0.2, -0.15) is 0 Å². The maximum Gasteiger partial charge on any atom is 0.151 e. The summed E-state index contributed by atoms with van der Waals surface area (Å²) in [7, 11) is -2.85. The number of nitrogens with one attached hydrogen (secondary N) is 1. The van der Waals surface area contributed by atoms with Crippen LogP contribution in [0.5, 0.6) is 0 Å². The molecule has 0 bridgehead atoms. The van der Waals surface area contributed by atoms with Crippen molar-refractivity contribution in [3.8, 4) is 0 Å². The van der Waals surface area contributed by atoms with Gasteiger partial charge in [-0.25, -0.2) is 8.42 Å². The zero-order valence-corrected chi connectivity index (χ0v) is 10.4. The largest absolute Gasteiger partial charge is 0.469 e. The molecule has 92 valence electrons. The predicted molar refractivity (Wildman–Crippen MR) is 64.2 cm³/mol. The topological polar surface area (TPSA) is 59.3 Å². The molecule has 0 spiro atoms. The van der Waals surface area contributed by atoms with Gasteiger partial charge in [-0.15, -0.1) is 0 Å². The fourth-order valence-corrected chi connectivity index (χ4v) is 2.71. The van der Waals surface area contributed by atoms with Gasteiger partial charge in [0, 0.05) is 25.3 Å². The monoisotopic (exact) mass is 245 g/mol. The van der Waals surface area contributed by atoms with Crippen molar-refractivity contribution in [1.29, 1.82) is 0 Å². The Hall–Kier alpha value is -0.810. The Morgan fingerprint density at radius 3 is 2.75 bits per heavy atom. The maximum atomic E-state index is 11.4. The lowest BCUT2D eigenvalue weighted by Gasteiger charge is -2.04. The van der Waals surface area contributed by atoms with E-state index in [1.165, 1.54) is 0 Å². The molecule has 0 radical (unpaired) electrons. The first-order chi connectivity index (χ1) is 7.64. The third-order valence-corrected chi connectivity index (χ3v) is 4.09. The maximum absolute atomic E-state index is 11.4. The number of furan rings is 1. The van der Waals surface area contributed by atoms with E-state index in [0.717, 1.165) is 18.7 Å². The van der Waals surface area contributed by atoms with Crippen LogP contribution in [-0.4, -0.2) is 33.0 Å². The van der Waals surface area contributed by atoms with Crippen LogP contribution < -0.4 is 5.32 Å². The molecule has 5 heteroatoms. The highest BCUT2D eigenvalue weighted by Gasteiger charge is 2.07. The van der Waals surface area contributed by atoms with Gasteiger partial charge in [0.15, 0.2) is 9.84 Å². The third-order valence-electron chi connectivity index (χ3n) is 2.23. The van der Waals surface area contributed by atoms with Crippen molar-refractivity contribution < 1.29 is 12.8 Å². The van der Waals surface area contributed by atoms with Crippen LogP contribution in [0.4, 0.5) is 0 Å². The lowest BCUT2D eigenvalue weighted by molar-refractivity contribution is 0.500. The second kappa shape index (κ2) is 6.70.